The normalized spacial score (nSPS) is 21.1. The zero-order chi connectivity index (χ0) is 25.5. The van der Waals surface area contributed by atoms with Crippen LogP contribution in [0.5, 0.6) is 5.75 Å². The van der Waals surface area contributed by atoms with E-state index in [2.05, 4.69) is 36.1 Å². The van der Waals surface area contributed by atoms with Crippen LogP contribution >= 0.6 is 0 Å². The van der Waals surface area contributed by atoms with Crippen LogP contribution in [-0.2, 0) is 6.42 Å². The monoisotopic (exact) mass is 506 g/mol. The van der Waals surface area contributed by atoms with Crippen LogP contribution in [0.2, 0.25) is 0 Å². The topological polar surface area (TPSA) is 66.4 Å². The predicted molar refractivity (Wildman–Crippen MR) is 139 cm³/mol. The number of piperidine rings is 1. The zero-order valence-electron chi connectivity index (χ0n) is 21.3. The minimum Gasteiger partial charge on any atom is -0.486 e. The fourth-order valence-corrected chi connectivity index (χ4v) is 5.79. The largest absolute Gasteiger partial charge is 0.486 e. The van der Waals surface area contributed by atoms with Crippen LogP contribution in [0, 0.1) is 17.6 Å². The Balaban J connectivity index is 1.22. The number of ether oxygens (including phenoxy) is 1. The molecule has 2 aromatic heterocycles. The number of rotatable bonds is 5. The van der Waals surface area contributed by atoms with Gasteiger partial charge in [-0.05, 0) is 63.4 Å². The second-order valence-corrected chi connectivity index (χ2v) is 10.5. The first-order chi connectivity index (χ1) is 18.0. The highest BCUT2D eigenvalue weighted by atomic mass is 19.1. The summed E-state index contributed by atoms with van der Waals surface area (Å²) in [6.45, 7) is 8.29. The van der Waals surface area contributed by atoms with Crippen LogP contribution in [0.15, 0.2) is 36.7 Å². The molecule has 1 N–H and O–H groups in total. The fraction of sp³-hybridized carbons (Fsp3) is 0.464. The summed E-state index contributed by atoms with van der Waals surface area (Å²) in [5.74, 6) is 0.223. The lowest BCUT2D eigenvalue weighted by Crippen LogP contribution is -2.40. The minimum absolute atomic E-state index is 0.0739. The highest BCUT2D eigenvalue weighted by Crippen LogP contribution is 2.39. The first kappa shape index (κ1) is 24.0. The number of aromatic nitrogens is 3. The van der Waals surface area contributed by atoms with E-state index < -0.39 is 11.6 Å². The molecule has 2 fully saturated rings. The molecule has 6 rings (SSSR count). The number of hydrogen-bond donors (Lipinski definition) is 1. The van der Waals surface area contributed by atoms with Gasteiger partial charge in [0.05, 0.1) is 36.7 Å². The van der Waals surface area contributed by atoms with Gasteiger partial charge in [0.25, 0.3) is 0 Å². The molecule has 194 valence electrons. The van der Waals surface area contributed by atoms with Gasteiger partial charge in [-0.15, -0.1) is 0 Å². The van der Waals surface area contributed by atoms with Crippen LogP contribution < -0.4 is 19.9 Å². The zero-order valence-corrected chi connectivity index (χ0v) is 21.3. The van der Waals surface area contributed by atoms with Crippen molar-refractivity contribution in [2.75, 3.05) is 42.6 Å². The first-order valence-electron chi connectivity index (χ1n) is 13.1. The third kappa shape index (κ3) is 4.72. The lowest BCUT2D eigenvalue weighted by molar-refractivity contribution is 0.287. The molecule has 3 aliphatic rings. The van der Waals surface area contributed by atoms with Gasteiger partial charge in [-0.1, -0.05) is 0 Å². The van der Waals surface area contributed by atoms with Crippen molar-refractivity contribution in [3.63, 3.8) is 0 Å². The molecule has 7 nitrogen and oxygen atoms in total. The van der Waals surface area contributed by atoms with E-state index in [1.54, 1.807) is 6.07 Å². The summed E-state index contributed by atoms with van der Waals surface area (Å²) in [6, 6.07) is 7.82. The molecule has 2 unspecified atom stereocenters. The smallest absolute Gasteiger partial charge is 0.178 e. The molecule has 2 saturated heterocycles. The maximum Gasteiger partial charge on any atom is 0.178 e. The molecule has 9 heteroatoms. The van der Waals surface area contributed by atoms with E-state index >= 15 is 0 Å². The van der Waals surface area contributed by atoms with Crippen molar-refractivity contribution < 1.29 is 13.5 Å². The van der Waals surface area contributed by atoms with Gasteiger partial charge in [-0.2, -0.15) is 0 Å². The maximum atomic E-state index is 15.0. The lowest BCUT2D eigenvalue weighted by atomic mass is 9.94. The molecular formula is C28H32F2N6O. The molecule has 0 bridgehead atoms. The number of fused-ring (bicyclic) bond motifs is 2. The van der Waals surface area contributed by atoms with Gasteiger partial charge >= 0.3 is 0 Å². The standard InChI is InChI=1S/C28H32F2N6O/c1-17(2)36-8-9-37-28-22(29)10-19(11-25(28)36)27-23(30)14-33-26(34-27)12-20-5-6-21(13-32-20)35-15-18-4-3-7-31-24(18)16-35/h5-6,10-11,13-14,17-18,24,31H,3-4,7-9,12,15-16H2,1-2H3. The van der Waals surface area contributed by atoms with Crippen LogP contribution in [0.4, 0.5) is 20.2 Å². The van der Waals surface area contributed by atoms with Crippen molar-refractivity contribution in [2.24, 2.45) is 5.92 Å². The van der Waals surface area contributed by atoms with Gasteiger partial charge in [0.15, 0.2) is 17.4 Å². The second kappa shape index (κ2) is 9.85. The van der Waals surface area contributed by atoms with Gasteiger partial charge in [0.2, 0.25) is 0 Å². The molecule has 37 heavy (non-hydrogen) atoms. The third-order valence-electron chi connectivity index (χ3n) is 7.72. The van der Waals surface area contributed by atoms with E-state index in [1.807, 2.05) is 26.1 Å². The highest BCUT2D eigenvalue weighted by Gasteiger charge is 2.34. The molecule has 5 heterocycles. The molecule has 3 aromatic rings. The molecule has 0 aliphatic carbocycles. The summed E-state index contributed by atoms with van der Waals surface area (Å²) in [6.07, 6.45) is 5.93. The summed E-state index contributed by atoms with van der Waals surface area (Å²) in [4.78, 5) is 17.8. The lowest BCUT2D eigenvalue weighted by Gasteiger charge is -2.34. The molecule has 0 amide bonds. The summed E-state index contributed by atoms with van der Waals surface area (Å²) < 4.78 is 35.4. The maximum absolute atomic E-state index is 15.0. The number of hydrogen-bond acceptors (Lipinski definition) is 7. The first-order valence-corrected chi connectivity index (χ1v) is 13.1. The number of anilines is 2. The quantitative estimate of drug-likeness (QED) is 0.556. The summed E-state index contributed by atoms with van der Waals surface area (Å²) in [5, 5.41) is 3.63. The van der Waals surface area contributed by atoms with Crippen LogP contribution in [0.1, 0.15) is 38.2 Å². The van der Waals surface area contributed by atoms with Crippen molar-refractivity contribution in [3.05, 3.63) is 59.8 Å². The Kier molecular flexibility index (Phi) is 6.40. The Morgan fingerprint density at radius 3 is 2.78 bits per heavy atom. The van der Waals surface area contributed by atoms with Crippen molar-refractivity contribution in [1.82, 2.24) is 20.3 Å². The fourth-order valence-electron chi connectivity index (χ4n) is 5.79. The predicted octanol–water partition coefficient (Wildman–Crippen LogP) is 4.20. The average molecular weight is 507 g/mol. The van der Waals surface area contributed by atoms with E-state index in [1.165, 1.54) is 18.9 Å². The summed E-state index contributed by atoms with van der Waals surface area (Å²) in [5.41, 5.74) is 2.96. The van der Waals surface area contributed by atoms with Crippen molar-refractivity contribution >= 4 is 11.4 Å². The van der Waals surface area contributed by atoms with E-state index in [0.717, 1.165) is 37.2 Å². The van der Waals surface area contributed by atoms with E-state index in [0.29, 0.717) is 48.6 Å². The van der Waals surface area contributed by atoms with E-state index in [9.17, 15) is 8.78 Å². The number of benzene rings is 1. The van der Waals surface area contributed by atoms with Crippen molar-refractivity contribution in [3.8, 4) is 17.0 Å². The molecule has 2 atom stereocenters. The Hall–Kier alpha value is -3.33. The molecule has 3 aliphatic heterocycles. The van der Waals surface area contributed by atoms with Crippen LogP contribution in [0.25, 0.3) is 11.3 Å². The molecule has 0 radical (unpaired) electrons. The van der Waals surface area contributed by atoms with Crippen LogP contribution in [-0.4, -0.2) is 59.8 Å². The second-order valence-electron chi connectivity index (χ2n) is 10.5. The van der Waals surface area contributed by atoms with Gasteiger partial charge < -0.3 is 19.9 Å². The van der Waals surface area contributed by atoms with Gasteiger partial charge in [-0.25, -0.2) is 18.7 Å². The number of nitrogens with zero attached hydrogens (tertiary/aromatic N) is 5. The third-order valence-corrected chi connectivity index (χ3v) is 7.72. The minimum atomic E-state index is -0.594. The Bertz CT molecular complexity index is 1270. The molecule has 1 aromatic carbocycles. The highest BCUT2D eigenvalue weighted by molar-refractivity contribution is 5.72. The van der Waals surface area contributed by atoms with Crippen molar-refractivity contribution in [1.29, 1.82) is 0 Å². The number of nitrogens with one attached hydrogen (secondary N) is 1. The molecular weight excluding hydrogens is 474 g/mol. The van der Waals surface area contributed by atoms with E-state index in [4.69, 9.17) is 4.74 Å². The Labute approximate surface area is 215 Å². The molecule has 0 spiro atoms. The average Bonchev–Trinajstić information content (AvgIpc) is 3.34. The molecule has 0 saturated carbocycles. The SMILES string of the molecule is CC(C)N1CCOc2c(F)cc(-c3nc(Cc4ccc(N5CC6CCCNC6C5)cn4)ncc3F)cc21. The summed E-state index contributed by atoms with van der Waals surface area (Å²) >= 11 is 0. The van der Waals surface area contributed by atoms with Crippen molar-refractivity contribution in [2.45, 2.75) is 45.2 Å². The number of pyridine rings is 1. The van der Waals surface area contributed by atoms with Gasteiger partial charge in [0, 0.05) is 36.4 Å². The Morgan fingerprint density at radius 1 is 1.11 bits per heavy atom. The van der Waals surface area contributed by atoms with Gasteiger partial charge in [0.1, 0.15) is 18.1 Å². The summed E-state index contributed by atoms with van der Waals surface area (Å²) in [7, 11) is 0. The van der Waals surface area contributed by atoms with Crippen LogP contribution in [0.3, 0.4) is 0 Å². The van der Waals surface area contributed by atoms with E-state index in [-0.39, 0.29) is 17.5 Å². The Morgan fingerprint density at radius 2 is 2.00 bits per heavy atom. The van der Waals surface area contributed by atoms with Gasteiger partial charge in [-0.3, -0.25) is 4.98 Å². The number of halogens is 2.